The predicted octanol–water partition coefficient (Wildman–Crippen LogP) is 0.390. The van der Waals surface area contributed by atoms with E-state index in [4.69, 9.17) is 14.9 Å². The van der Waals surface area contributed by atoms with Crippen LogP contribution in [-0.2, 0) is 9.47 Å². The number of likely N-dealkylation sites (N-methyl/N-ethyl adjacent to an activating group) is 1. The molecular weight excluding hydrogens is 194 g/mol. The number of hydrogen-bond donors (Lipinski definition) is 2. The van der Waals surface area contributed by atoms with Crippen LogP contribution in [-0.4, -0.2) is 49.9 Å². The SMILES string of the molecule is C=CNCC(C)N(C)C(=N)C1OCCO1. The van der Waals surface area contributed by atoms with Gasteiger partial charge in [-0.3, -0.25) is 5.41 Å². The normalized spacial score (nSPS) is 18.5. The van der Waals surface area contributed by atoms with Crippen molar-refractivity contribution in [1.29, 1.82) is 5.41 Å². The van der Waals surface area contributed by atoms with Crippen LogP contribution in [0.15, 0.2) is 12.8 Å². The zero-order valence-corrected chi connectivity index (χ0v) is 9.32. The van der Waals surface area contributed by atoms with Gasteiger partial charge in [0.15, 0.2) is 5.84 Å². The van der Waals surface area contributed by atoms with Gasteiger partial charge in [0.2, 0.25) is 6.29 Å². The van der Waals surface area contributed by atoms with Crippen LogP contribution < -0.4 is 5.32 Å². The van der Waals surface area contributed by atoms with Crippen LogP contribution in [0.3, 0.4) is 0 Å². The summed E-state index contributed by atoms with van der Waals surface area (Å²) < 4.78 is 10.5. The fourth-order valence-electron chi connectivity index (χ4n) is 1.31. The van der Waals surface area contributed by atoms with E-state index in [1.807, 2.05) is 18.9 Å². The lowest BCUT2D eigenvalue weighted by Crippen LogP contribution is -2.45. The molecule has 0 bridgehead atoms. The molecule has 5 heteroatoms. The van der Waals surface area contributed by atoms with Crippen molar-refractivity contribution in [3.05, 3.63) is 12.8 Å². The molecule has 0 aliphatic carbocycles. The Morgan fingerprint density at radius 1 is 1.67 bits per heavy atom. The van der Waals surface area contributed by atoms with Crippen molar-refractivity contribution in [2.45, 2.75) is 19.3 Å². The molecule has 5 nitrogen and oxygen atoms in total. The first-order chi connectivity index (χ1) is 7.16. The molecule has 1 aliphatic rings. The minimum Gasteiger partial charge on any atom is -0.389 e. The molecule has 0 spiro atoms. The summed E-state index contributed by atoms with van der Waals surface area (Å²) in [5.41, 5.74) is 0. The topological polar surface area (TPSA) is 57.6 Å². The van der Waals surface area contributed by atoms with Crippen molar-refractivity contribution in [3.63, 3.8) is 0 Å². The highest BCUT2D eigenvalue weighted by Gasteiger charge is 2.25. The summed E-state index contributed by atoms with van der Waals surface area (Å²) in [5, 5.41) is 10.9. The Balaban J connectivity index is 2.39. The van der Waals surface area contributed by atoms with Crippen LogP contribution in [0, 0.1) is 5.41 Å². The molecule has 0 saturated carbocycles. The van der Waals surface area contributed by atoms with Crippen molar-refractivity contribution < 1.29 is 9.47 Å². The average molecular weight is 213 g/mol. The smallest absolute Gasteiger partial charge is 0.216 e. The second-order valence-electron chi connectivity index (χ2n) is 3.53. The molecule has 1 aliphatic heterocycles. The molecular formula is C10H19N3O2. The molecule has 0 radical (unpaired) electrons. The van der Waals surface area contributed by atoms with Crippen molar-refractivity contribution in [1.82, 2.24) is 10.2 Å². The molecule has 0 aromatic heterocycles. The zero-order chi connectivity index (χ0) is 11.3. The number of rotatable bonds is 5. The van der Waals surface area contributed by atoms with Crippen LogP contribution in [0.1, 0.15) is 6.92 Å². The lowest BCUT2D eigenvalue weighted by Gasteiger charge is -2.29. The highest BCUT2D eigenvalue weighted by molar-refractivity contribution is 5.82. The van der Waals surface area contributed by atoms with E-state index >= 15 is 0 Å². The first-order valence-electron chi connectivity index (χ1n) is 5.05. The Morgan fingerprint density at radius 3 is 2.80 bits per heavy atom. The largest absolute Gasteiger partial charge is 0.389 e. The van der Waals surface area contributed by atoms with E-state index in [1.165, 1.54) is 0 Å². The zero-order valence-electron chi connectivity index (χ0n) is 9.32. The fourth-order valence-corrected chi connectivity index (χ4v) is 1.31. The Morgan fingerprint density at radius 2 is 2.27 bits per heavy atom. The fraction of sp³-hybridized carbons (Fsp3) is 0.700. The van der Waals surface area contributed by atoms with Gasteiger partial charge in [0, 0.05) is 19.6 Å². The van der Waals surface area contributed by atoms with E-state index in [0.717, 1.165) is 6.54 Å². The summed E-state index contributed by atoms with van der Waals surface area (Å²) in [6, 6.07) is 0.198. The Hall–Kier alpha value is -1.07. The van der Waals surface area contributed by atoms with E-state index < -0.39 is 6.29 Å². The summed E-state index contributed by atoms with van der Waals surface area (Å²) >= 11 is 0. The van der Waals surface area contributed by atoms with Crippen molar-refractivity contribution in [3.8, 4) is 0 Å². The molecule has 0 aromatic carbocycles. The summed E-state index contributed by atoms with van der Waals surface area (Å²) in [6.45, 7) is 7.49. The van der Waals surface area contributed by atoms with Crippen molar-refractivity contribution >= 4 is 5.84 Å². The highest BCUT2D eigenvalue weighted by Crippen LogP contribution is 2.09. The van der Waals surface area contributed by atoms with Gasteiger partial charge in [0.1, 0.15) is 0 Å². The number of nitrogens with one attached hydrogen (secondary N) is 2. The molecule has 1 saturated heterocycles. The van der Waals surface area contributed by atoms with E-state index in [-0.39, 0.29) is 6.04 Å². The second kappa shape index (κ2) is 5.72. The number of amidine groups is 1. The van der Waals surface area contributed by atoms with Gasteiger partial charge in [0.25, 0.3) is 0 Å². The molecule has 1 unspecified atom stereocenters. The van der Waals surface area contributed by atoms with E-state index in [9.17, 15) is 0 Å². The monoisotopic (exact) mass is 213 g/mol. The van der Waals surface area contributed by atoms with Gasteiger partial charge in [-0.25, -0.2) is 0 Å². The van der Waals surface area contributed by atoms with Gasteiger partial charge in [-0.05, 0) is 13.1 Å². The Kier molecular flexibility index (Phi) is 4.58. The van der Waals surface area contributed by atoms with Gasteiger partial charge in [-0.1, -0.05) is 6.58 Å². The van der Waals surface area contributed by atoms with E-state index in [2.05, 4.69) is 11.9 Å². The molecule has 0 aromatic rings. The van der Waals surface area contributed by atoms with Crippen LogP contribution in [0.4, 0.5) is 0 Å². The molecule has 0 amide bonds. The second-order valence-corrected chi connectivity index (χ2v) is 3.53. The number of ether oxygens (including phenoxy) is 2. The van der Waals surface area contributed by atoms with Gasteiger partial charge < -0.3 is 19.7 Å². The summed E-state index contributed by atoms with van der Waals surface area (Å²) in [4.78, 5) is 1.84. The van der Waals surface area contributed by atoms with Gasteiger partial charge >= 0.3 is 0 Å². The lowest BCUT2D eigenvalue weighted by molar-refractivity contribution is 0.00410. The Labute approximate surface area is 90.6 Å². The summed E-state index contributed by atoms with van der Waals surface area (Å²) in [5.74, 6) is 0.367. The number of hydrogen-bond acceptors (Lipinski definition) is 4. The standard InChI is InChI=1S/C10H19N3O2/c1-4-12-7-8(2)13(3)9(11)10-14-5-6-15-10/h4,8,10-12H,1,5-7H2,2-3H3. The third-order valence-corrected chi connectivity index (χ3v) is 2.44. The molecule has 1 heterocycles. The molecule has 86 valence electrons. The van der Waals surface area contributed by atoms with Crippen molar-refractivity contribution in [2.75, 3.05) is 26.8 Å². The maximum atomic E-state index is 7.88. The van der Waals surface area contributed by atoms with E-state index in [1.54, 1.807) is 6.20 Å². The summed E-state index contributed by atoms with van der Waals surface area (Å²) in [7, 11) is 1.86. The molecule has 1 atom stereocenters. The van der Waals surface area contributed by atoms with Gasteiger partial charge in [-0.2, -0.15) is 0 Å². The van der Waals surface area contributed by atoms with Gasteiger partial charge in [-0.15, -0.1) is 0 Å². The van der Waals surface area contributed by atoms with Gasteiger partial charge in [0.05, 0.1) is 13.2 Å². The third-order valence-electron chi connectivity index (χ3n) is 2.44. The first-order valence-corrected chi connectivity index (χ1v) is 5.05. The Bertz CT molecular complexity index is 227. The quantitative estimate of drug-likeness (QED) is 0.512. The van der Waals surface area contributed by atoms with Crippen LogP contribution in [0.5, 0.6) is 0 Å². The minimum atomic E-state index is -0.499. The molecule has 15 heavy (non-hydrogen) atoms. The summed E-state index contributed by atoms with van der Waals surface area (Å²) in [6.07, 6.45) is 1.15. The maximum Gasteiger partial charge on any atom is 0.216 e. The maximum absolute atomic E-state index is 7.88. The molecule has 1 rings (SSSR count). The van der Waals surface area contributed by atoms with Crippen molar-refractivity contribution in [2.24, 2.45) is 0 Å². The molecule has 2 N–H and O–H groups in total. The lowest BCUT2D eigenvalue weighted by atomic mass is 10.3. The minimum absolute atomic E-state index is 0.198. The predicted molar refractivity (Wildman–Crippen MR) is 58.8 cm³/mol. The highest BCUT2D eigenvalue weighted by atomic mass is 16.7. The van der Waals surface area contributed by atoms with Crippen LogP contribution in [0.2, 0.25) is 0 Å². The third kappa shape index (κ3) is 3.21. The first kappa shape index (κ1) is 12.0. The van der Waals surface area contributed by atoms with E-state index in [0.29, 0.717) is 19.0 Å². The number of nitrogens with zero attached hydrogens (tertiary/aromatic N) is 1. The van der Waals surface area contributed by atoms with Crippen LogP contribution in [0.25, 0.3) is 0 Å². The average Bonchev–Trinajstić information content (AvgIpc) is 2.77. The molecule has 1 fully saturated rings. The van der Waals surface area contributed by atoms with Crippen LogP contribution >= 0.6 is 0 Å².